The number of fused-ring (bicyclic) bond motifs is 1. The van der Waals surface area contributed by atoms with E-state index < -0.39 is 16.1 Å². The molecule has 0 amide bonds. The van der Waals surface area contributed by atoms with Gasteiger partial charge in [-0.25, -0.2) is 13.1 Å². The number of aromatic nitrogens is 1. The molecule has 0 bridgehead atoms. The number of nitrogens with one attached hydrogen (secondary N) is 1. The first-order valence-corrected chi connectivity index (χ1v) is 7.95. The number of aryl methyl sites for hydroxylation is 1. The molecular formula is C14H18N2O3S. The molecule has 6 heteroatoms. The van der Waals surface area contributed by atoms with Crippen molar-refractivity contribution in [3.8, 4) is 0 Å². The molecule has 2 N–H and O–H groups in total. The number of nitrogens with zero attached hydrogens (tertiary/aromatic N) is 1. The summed E-state index contributed by atoms with van der Waals surface area (Å²) in [5.41, 5.74) is 1.42. The average molecular weight is 294 g/mol. The van der Waals surface area contributed by atoms with E-state index in [1.165, 1.54) is 6.07 Å². The summed E-state index contributed by atoms with van der Waals surface area (Å²) in [6, 6.07) is 6.46. The van der Waals surface area contributed by atoms with Crippen molar-refractivity contribution in [3.05, 3.63) is 36.0 Å². The van der Waals surface area contributed by atoms with Crippen molar-refractivity contribution in [2.24, 2.45) is 0 Å². The van der Waals surface area contributed by atoms with Gasteiger partial charge < -0.3 is 5.11 Å². The highest BCUT2D eigenvalue weighted by molar-refractivity contribution is 7.89. The van der Waals surface area contributed by atoms with Crippen LogP contribution in [0.3, 0.4) is 0 Å². The Hall–Kier alpha value is -1.50. The number of pyridine rings is 1. The van der Waals surface area contributed by atoms with Crippen LogP contribution in [0.5, 0.6) is 0 Å². The lowest BCUT2D eigenvalue weighted by molar-refractivity contribution is 0.254. The number of sulfonamides is 1. The number of aliphatic hydroxyl groups is 1. The van der Waals surface area contributed by atoms with Gasteiger partial charge in [-0.05, 0) is 31.0 Å². The van der Waals surface area contributed by atoms with Gasteiger partial charge in [0.05, 0.1) is 12.1 Å². The van der Waals surface area contributed by atoms with Crippen molar-refractivity contribution in [1.82, 2.24) is 9.71 Å². The van der Waals surface area contributed by atoms with E-state index in [4.69, 9.17) is 5.11 Å². The highest BCUT2D eigenvalue weighted by Crippen LogP contribution is 2.22. The highest BCUT2D eigenvalue weighted by Gasteiger charge is 2.21. The minimum Gasteiger partial charge on any atom is -0.395 e. The first kappa shape index (κ1) is 14.9. The summed E-state index contributed by atoms with van der Waals surface area (Å²) < 4.78 is 27.3. The summed E-state index contributed by atoms with van der Waals surface area (Å²) in [6.07, 6.45) is 2.16. The average Bonchev–Trinajstić information content (AvgIpc) is 2.43. The van der Waals surface area contributed by atoms with Crippen LogP contribution in [0.25, 0.3) is 10.9 Å². The molecule has 0 unspecified atom stereocenters. The van der Waals surface area contributed by atoms with Crippen LogP contribution in [0, 0.1) is 6.92 Å². The maximum absolute atomic E-state index is 12.4. The van der Waals surface area contributed by atoms with Crippen molar-refractivity contribution in [2.75, 3.05) is 6.61 Å². The maximum atomic E-state index is 12.4. The smallest absolute Gasteiger partial charge is 0.243 e. The zero-order valence-electron chi connectivity index (χ0n) is 11.5. The zero-order valence-corrected chi connectivity index (χ0v) is 12.3. The molecule has 1 heterocycles. The van der Waals surface area contributed by atoms with Crippen molar-refractivity contribution in [2.45, 2.75) is 31.2 Å². The summed E-state index contributed by atoms with van der Waals surface area (Å²) in [6.45, 7) is 3.49. The van der Waals surface area contributed by atoms with Crippen LogP contribution in [-0.4, -0.2) is 31.2 Å². The number of para-hydroxylation sites is 1. The third-order valence-electron chi connectivity index (χ3n) is 3.14. The normalized spacial score (nSPS) is 13.6. The quantitative estimate of drug-likeness (QED) is 0.877. The summed E-state index contributed by atoms with van der Waals surface area (Å²) in [4.78, 5) is 4.36. The van der Waals surface area contributed by atoms with E-state index in [0.717, 1.165) is 10.9 Å². The van der Waals surface area contributed by atoms with E-state index in [1.807, 2.05) is 26.0 Å². The van der Waals surface area contributed by atoms with Gasteiger partial charge in [-0.2, -0.15) is 0 Å². The Balaban J connectivity index is 2.52. The van der Waals surface area contributed by atoms with E-state index in [-0.39, 0.29) is 11.5 Å². The highest BCUT2D eigenvalue weighted by atomic mass is 32.2. The molecule has 2 rings (SSSR count). The molecule has 0 saturated heterocycles. The van der Waals surface area contributed by atoms with Crippen molar-refractivity contribution < 1.29 is 13.5 Å². The molecule has 20 heavy (non-hydrogen) atoms. The van der Waals surface area contributed by atoms with Crippen LogP contribution in [0.2, 0.25) is 0 Å². The summed E-state index contributed by atoms with van der Waals surface area (Å²) >= 11 is 0. The Morgan fingerprint density at radius 2 is 2.15 bits per heavy atom. The zero-order chi connectivity index (χ0) is 14.8. The lowest BCUT2D eigenvalue weighted by Gasteiger charge is -2.15. The molecule has 0 aliphatic carbocycles. The topological polar surface area (TPSA) is 79.3 Å². The number of rotatable bonds is 5. The van der Waals surface area contributed by atoms with E-state index in [2.05, 4.69) is 9.71 Å². The summed E-state index contributed by atoms with van der Waals surface area (Å²) in [5.74, 6) is 0. The molecule has 5 nitrogen and oxygen atoms in total. The molecule has 0 radical (unpaired) electrons. The lowest BCUT2D eigenvalue weighted by Crippen LogP contribution is -2.37. The molecule has 108 valence electrons. The number of hydrogen-bond donors (Lipinski definition) is 2. The molecule has 0 aliphatic heterocycles. The van der Waals surface area contributed by atoms with Gasteiger partial charge in [-0.3, -0.25) is 4.98 Å². The van der Waals surface area contributed by atoms with Gasteiger partial charge in [0.15, 0.2) is 0 Å². The Kier molecular flexibility index (Phi) is 4.37. The fourth-order valence-electron chi connectivity index (χ4n) is 1.99. The van der Waals surface area contributed by atoms with Gasteiger partial charge in [0.2, 0.25) is 10.0 Å². The Bertz CT molecular complexity index is 709. The monoisotopic (exact) mass is 294 g/mol. The van der Waals surface area contributed by atoms with Gasteiger partial charge in [0.1, 0.15) is 4.90 Å². The van der Waals surface area contributed by atoms with E-state index in [1.54, 1.807) is 12.3 Å². The van der Waals surface area contributed by atoms with Crippen LogP contribution in [0.15, 0.2) is 35.4 Å². The maximum Gasteiger partial charge on any atom is 0.243 e. The van der Waals surface area contributed by atoms with Crippen molar-refractivity contribution >= 4 is 20.9 Å². The van der Waals surface area contributed by atoms with Crippen molar-refractivity contribution in [3.63, 3.8) is 0 Å². The van der Waals surface area contributed by atoms with Gasteiger partial charge in [0.25, 0.3) is 0 Å². The van der Waals surface area contributed by atoms with Crippen LogP contribution < -0.4 is 4.72 Å². The molecule has 0 saturated carbocycles. The van der Waals surface area contributed by atoms with Crippen LogP contribution in [-0.2, 0) is 10.0 Å². The van der Waals surface area contributed by atoms with Crippen molar-refractivity contribution in [1.29, 1.82) is 0 Å². The second kappa shape index (κ2) is 5.87. The molecular weight excluding hydrogens is 276 g/mol. The predicted molar refractivity (Wildman–Crippen MR) is 78.0 cm³/mol. The van der Waals surface area contributed by atoms with Crippen LogP contribution >= 0.6 is 0 Å². The molecule has 0 aliphatic rings. The number of aliphatic hydroxyl groups excluding tert-OH is 1. The first-order valence-electron chi connectivity index (χ1n) is 6.46. The first-order chi connectivity index (χ1) is 9.47. The fraction of sp³-hybridized carbons (Fsp3) is 0.357. The number of hydrogen-bond acceptors (Lipinski definition) is 4. The molecule has 0 spiro atoms. The van der Waals surface area contributed by atoms with Crippen LogP contribution in [0.4, 0.5) is 0 Å². The molecule has 0 fully saturated rings. The lowest BCUT2D eigenvalue weighted by atomic mass is 10.2. The fourth-order valence-corrected chi connectivity index (χ4v) is 3.48. The van der Waals surface area contributed by atoms with E-state index in [9.17, 15) is 8.42 Å². The summed E-state index contributed by atoms with van der Waals surface area (Å²) in [7, 11) is -3.70. The number of benzene rings is 1. The van der Waals surface area contributed by atoms with E-state index in [0.29, 0.717) is 11.9 Å². The third kappa shape index (κ3) is 2.98. The molecule has 1 aromatic heterocycles. The van der Waals surface area contributed by atoms with E-state index >= 15 is 0 Å². The molecule has 1 atom stereocenters. The Morgan fingerprint density at radius 3 is 2.80 bits per heavy atom. The minimum absolute atomic E-state index is 0.141. The van der Waals surface area contributed by atoms with Gasteiger partial charge in [0, 0.05) is 17.6 Å². The van der Waals surface area contributed by atoms with Crippen LogP contribution in [0.1, 0.15) is 18.9 Å². The third-order valence-corrected chi connectivity index (χ3v) is 4.69. The predicted octanol–water partition coefficient (Wildman–Crippen LogP) is 1.59. The molecule has 1 aromatic carbocycles. The second-order valence-corrected chi connectivity index (χ2v) is 6.43. The van der Waals surface area contributed by atoms with Gasteiger partial charge >= 0.3 is 0 Å². The van der Waals surface area contributed by atoms with Gasteiger partial charge in [-0.1, -0.05) is 19.1 Å². The minimum atomic E-state index is -3.70. The standard InChI is InChI=1S/C14H18N2O3S/c1-3-12(9-17)16-20(18,19)13-6-4-5-11-7-10(2)8-15-14(11)13/h4-8,12,16-17H,3,9H2,1-2H3/t12-/m1/s1. The summed E-state index contributed by atoms with van der Waals surface area (Å²) in [5, 5.41) is 9.93. The second-order valence-electron chi connectivity index (χ2n) is 4.75. The Morgan fingerprint density at radius 1 is 1.40 bits per heavy atom. The Labute approximate surface area is 118 Å². The largest absolute Gasteiger partial charge is 0.395 e. The van der Waals surface area contributed by atoms with Gasteiger partial charge in [-0.15, -0.1) is 0 Å². The molecule has 2 aromatic rings. The SMILES string of the molecule is CC[C@H](CO)NS(=O)(=O)c1cccc2cc(C)cnc12.